The van der Waals surface area contributed by atoms with Gasteiger partial charge < -0.3 is 8.83 Å². The van der Waals surface area contributed by atoms with E-state index in [1.165, 1.54) is 25.0 Å². The van der Waals surface area contributed by atoms with Crippen molar-refractivity contribution >= 4 is 24.2 Å². The number of hydrazone groups is 2. The molecule has 0 atom stereocenters. The Morgan fingerprint density at radius 1 is 0.875 bits per heavy atom. The predicted octanol–water partition coefficient (Wildman–Crippen LogP) is 1.81. The summed E-state index contributed by atoms with van der Waals surface area (Å²) in [5.41, 5.74) is 4.69. The molecule has 8 heteroatoms. The lowest BCUT2D eigenvalue weighted by Gasteiger charge is -1.95. The maximum atomic E-state index is 11.5. The molecule has 2 aromatic heterocycles. The molecule has 0 fully saturated rings. The third-order valence-corrected chi connectivity index (χ3v) is 2.62. The number of carbonyl (C=O) groups is 2. The summed E-state index contributed by atoms with van der Waals surface area (Å²) in [4.78, 5) is 23.0. The van der Waals surface area contributed by atoms with Crippen molar-refractivity contribution in [3.8, 4) is 0 Å². The average molecular weight is 328 g/mol. The largest absolute Gasteiger partial charge is 0.463 e. The van der Waals surface area contributed by atoms with Crippen molar-refractivity contribution in [2.24, 2.45) is 10.2 Å². The number of hydrogen-bond donors (Lipinski definition) is 2. The van der Waals surface area contributed by atoms with Crippen molar-refractivity contribution < 1.29 is 18.4 Å². The van der Waals surface area contributed by atoms with Crippen molar-refractivity contribution in [2.45, 2.75) is 12.8 Å². The molecule has 2 amide bonds. The van der Waals surface area contributed by atoms with Crippen LogP contribution in [-0.4, -0.2) is 24.2 Å². The fourth-order valence-electron chi connectivity index (χ4n) is 1.54. The molecule has 0 aliphatic rings. The van der Waals surface area contributed by atoms with Gasteiger partial charge in [0, 0.05) is 12.8 Å². The lowest BCUT2D eigenvalue weighted by atomic mass is 10.3. The van der Waals surface area contributed by atoms with Crippen LogP contribution in [0.25, 0.3) is 0 Å². The Bertz CT molecular complexity index is 653. The Morgan fingerprint density at radius 3 is 1.71 bits per heavy atom. The number of hydrogen-bond acceptors (Lipinski definition) is 6. The molecule has 0 aliphatic carbocycles. The minimum Gasteiger partial charge on any atom is -0.463 e. The Labute approximate surface area is 137 Å². The molecule has 0 aliphatic heterocycles. The molecular formula is C16H16N4O4. The molecule has 0 saturated heterocycles. The van der Waals surface area contributed by atoms with Gasteiger partial charge in [0.15, 0.2) is 0 Å². The maximum Gasteiger partial charge on any atom is 0.243 e. The van der Waals surface area contributed by atoms with Crippen LogP contribution in [0.15, 0.2) is 68.0 Å². The summed E-state index contributed by atoms with van der Waals surface area (Å²) >= 11 is 0. The Hall–Kier alpha value is -3.42. The first-order valence-electron chi connectivity index (χ1n) is 7.10. The van der Waals surface area contributed by atoms with Crippen LogP contribution in [0.1, 0.15) is 24.4 Å². The first-order valence-corrected chi connectivity index (χ1v) is 7.10. The van der Waals surface area contributed by atoms with Crippen LogP contribution in [0.2, 0.25) is 0 Å². The number of nitrogens with zero attached hydrogens (tertiary/aromatic N) is 2. The molecule has 2 N–H and O–H groups in total. The van der Waals surface area contributed by atoms with E-state index < -0.39 is 0 Å². The van der Waals surface area contributed by atoms with Crippen LogP contribution in [-0.2, 0) is 9.59 Å². The molecule has 2 aromatic rings. The van der Waals surface area contributed by atoms with Gasteiger partial charge >= 0.3 is 0 Å². The van der Waals surface area contributed by atoms with Crippen LogP contribution in [0.4, 0.5) is 0 Å². The van der Waals surface area contributed by atoms with Crippen LogP contribution >= 0.6 is 0 Å². The lowest BCUT2D eigenvalue weighted by Crippen LogP contribution is -2.17. The van der Waals surface area contributed by atoms with Crippen LogP contribution in [0, 0.1) is 0 Å². The normalized spacial score (nSPS) is 11.5. The summed E-state index contributed by atoms with van der Waals surface area (Å²) in [6.07, 6.45) is 9.18. The highest BCUT2D eigenvalue weighted by molar-refractivity contribution is 5.82. The van der Waals surface area contributed by atoms with Gasteiger partial charge in [-0.3, -0.25) is 9.59 Å². The van der Waals surface area contributed by atoms with Crippen molar-refractivity contribution in [1.29, 1.82) is 0 Å². The van der Waals surface area contributed by atoms with Crippen LogP contribution in [0.5, 0.6) is 0 Å². The second-order valence-corrected chi connectivity index (χ2v) is 4.50. The van der Waals surface area contributed by atoms with Gasteiger partial charge in [-0.1, -0.05) is 12.2 Å². The molecule has 0 bridgehead atoms. The van der Waals surface area contributed by atoms with E-state index in [-0.39, 0.29) is 24.7 Å². The van der Waals surface area contributed by atoms with E-state index in [0.717, 1.165) is 0 Å². The summed E-state index contributed by atoms with van der Waals surface area (Å²) in [6, 6.07) is 6.86. The zero-order valence-electron chi connectivity index (χ0n) is 12.7. The minimum atomic E-state index is -0.301. The fourth-order valence-corrected chi connectivity index (χ4v) is 1.54. The second-order valence-electron chi connectivity index (χ2n) is 4.50. The van der Waals surface area contributed by atoms with Gasteiger partial charge in [-0.2, -0.15) is 10.2 Å². The highest BCUT2D eigenvalue weighted by Crippen LogP contribution is 1.95. The summed E-state index contributed by atoms with van der Waals surface area (Å²) in [7, 11) is 0. The number of amides is 2. The minimum absolute atomic E-state index is 0.110. The van der Waals surface area contributed by atoms with E-state index >= 15 is 0 Å². The third-order valence-electron chi connectivity index (χ3n) is 2.62. The van der Waals surface area contributed by atoms with Gasteiger partial charge in [0.25, 0.3) is 0 Å². The maximum absolute atomic E-state index is 11.5. The standard InChI is InChI=1S/C16H16N4O4/c21-15(19-17-11-13-5-3-9-23-13)7-1-2-8-16(22)20-18-12-14-6-4-10-24-14/h1-6,9-12H,7-8H2,(H,19,21)(H,20,22)/b2-1+,17-11-,18-12+. The van der Waals surface area contributed by atoms with Gasteiger partial charge in [0.1, 0.15) is 11.5 Å². The molecule has 8 nitrogen and oxygen atoms in total. The monoisotopic (exact) mass is 328 g/mol. The second kappa shape index (κ2) is 9.57. The van der Waals surface area contributed by atoms with Crippen LogP contribution in [0.3, 0.4) is 0 Å². The van der Waals surface area contributed by atoms with Crippen molar-refractivity contribution in [3.05, 3.63) is 60.5 Å². The van der Waals surface area contributed by atoms with Crippen molar-refractivity contribution in [1.82, 2.24) is 10.9 Å². The molecule has 0 radical (unpaired) electrons. The number of carbonyl (C=O) groups excluding carboxylic acids is 2. The lowest BCUT2D eigenvalue weighted by molar-refractivity contribution is -0.121. The van der Waals surface area contributed by atoms with E-state index in [4.69, 9.17) is 8.83 Å². The summed E-state index contributed by atoms with van der Waals surface area (Å²) < 4.78 is 10.0. The topological polar surface area (TPSA) is 109 Å². The molecule has 2 rings (SSSR count). The van der Waals surface area contributed by atoms with Gasteiger partial charge in [-0.25, -0.2) is 10.9 Å². The highest BCUT2D eigenvalue weighted by Gasteiger charge is 1.98. The zero-order valence-corrected chi connectivity index (χ0v) is 12.7. The Morgan fingerprint density at radius 2 is 1.33 bits per heavy atom. The zero-order chi connectivity index (χ0) is 17.0. The number of furan rings is 2. The Balaban J connectivity index is 1.59. The smallest absolute Gasteiger partial charge is 0.243 e. The molecule has 2 heterocycles. The fraction of sp³-hybridized carbons (Fsp3) is 0.125. The van der Waals surface area contributed by atoms with E-state index in [0.29, 0.717) is 11.5 Å². The highest BCUT2D eigenvalue weighted by atomic mass is 16.3. The molecule has 0 spiro atoms. The summed E-state index contributed by atoms with van der Waals surface area (Å²) in [5.74, 6) is 0.478. The molecule has 124 valence electrons. The van der Waals surface area contributed by atoms with Crippen molar-refractivity contribution in [2.75, 3.05) is 0 Å². The molecule has 24 heavy (non-hydrogen) atoms. The van der Waals surface area contributed by atoms with E-state index in [1.54, 1.807) is 36.4 Å². The first kappa shape index (κ1) is 16.9. The summed E-state index contributed by atoms with van der Waals surface area (Å²) in [5, 5.41) is 7.47. The Kier molecular flexibility index (Phi) is 6.75. The first-order chi connectivity index (χ1) is 11.7. The number of rotatable bonds is 8. The van der Waals surface area contributed by atoms with E-state index in [2.05, 4.69) is 21.1 Å². The quantitative estimate of drug-likeness (QED) is 0.437. The van der Waals surface area contributed by atoms with E-state index in [9.17, 15) is 9.59 Å². The summed E-state index contributed by atoms with van der Waals surface area (Å²) in [6.45, 7) is 0. The van der Waals surface area contributed by atoms with E-state index in [1.807, 2.05) is 0 Å². The van der Waals surface area contributed by atoms with Crippen molar-refractivity contribution in [3.63, 3.8) is 0 Å². The third kappa shape index (κ3) is 6.56. The van der Waals surface area contributed by atoms with Gasteiger partial charge in [-0.15, -0.1) is 0 Å². The molecule has 0 saturated carbocycles. The molecule has 0 unspecified atom stereocenters. The molecule has 0 aromatic carbocycles. The van der Waals surface area contributed by atoms with Crippen LogP contribution < -0.4 is 10.9 Å². The van der Waals surface area contributed by atoms with Gasteiger partial charge in [-0.05, 0) is 24.3 Å². The molecular weight excluding hydrogens is 312 g/mol. The number of nitrogens with one attached hydrogen (secondary N) is 2. The predicted molar refractivity (Wildman–Crippen MR) is 87.3 cm³/mol. The van der Waals surface area contributed by atoms with Gasteiger partial charge in [0.05, 0.1) is 25.0 Å². The average Bonchev–Trinajstić information content (AvgIpc) is 3.25. The van der Waals surface area contributed by atoms with Gasteiger partial charge in [0.2, 0.25) is 11.8 Å². The SMILES string of the molecule is O=C(C/C=C/CC(=O)N/N=C/c1ccco1)N/N=C\c1ccco1.